The molecule has 0 aliphatic rings. The van der Waals surface area contributed by atoms with Crippen molar-refractivity contribution in [2.75, 3.05) is 0 Å². The standard InChI is InChI=1S/C11H8N2S2/c1-7-2-5-11(14-7)8-3-4-9-10(6-8)13-15-12-9/h2-6H,1H3. The zero-order valence-corrected chi connectivity index (χ0v) is 9.73. The number of fused-ring (bicyclic) bond motifs is 1. The van der Waals surface area contributed by atoms with Gasteiger partial charge < -0.3 is 0 Å². The number of benzene rings is 1. The van der Waals surface area contributed by atoms with Gasteiger partial charge in [0.2, 0.25) is 0 Å². The molecule has 15 heavy (non-hydrogen) atoms. The van der Waals surface area contributed by atoms with Crippen molar-refractivity contribution in [3.8, 4) is 10.4 Å². The summed E-state index contributed by atoms with van der Waals surface area (Å²) in [5, 5.41) is 0. The second-order valence-corrected chi connectivity index (χ2v) is 5.19. The van der Waals surface area contributed by atoms with Gasteiger partial charge in [-0.15, -0.1) is 11.3 Å². The van der Waals surface area contributed by atoms with Crippen LogP contribution in [-0.4, -0.2) is 8.75 Å². The van der Waals surface area contributed by atoms with Gasteiger partial charge in [0.15, 0.2) is 0 Å². The van der Waals surface area contributed by atoms with Crippen LogP contribution < -0.4 is 0 Å². The minimum Gasteiger partial charge on any atom is -0.173 e. The SMILES string of the molecule is Cc1ccc(-c2ccc3nsnc3c2)s1. The molecule has 74 valence electrons. The van der Waals surface area contributed by atoms with Gasteiger partial charge in [-0.25, -0.2) is 0 Å². The molecule has 0 aliphatic carbocycles. The van der Waals surface area contributed by atoms with Crippen molar-refractivity contribution in [2.24, 2.45) is 0 Å². The van der Waals surface area contributed by atoms with Crippen molar-refractivity contribution in [3.05, 3.63) is 35.2 Å². The number of thiophene rings is 1. The van der Waals surface area contributed by atoms with Crippen LogP contribution in [0.4, 0.5) is 0 Å². The maximum Gasteiger partial charge on any atom is 0.105 e. The topological polar surface area (TPSA) is 25.8 Å². The lowest BCUT2D eigenvalue weighted by molar-refractivity contribution is 1.63. The van der Waals surface area contributed by atoms with E-state index in [1.54, 1.807) is 0 Å². The predicted molar refractivity (Wildman–Crippen MR) is 65.5 cm³/mol. The van der Waals surface area contributed by atoms with Gasteiger partial charge in [0.1, 0.15) is 11.0 Å². The summed E-state index contributed by atoms with van der Waals surface area (Å²) in [5.74, 6) is 0. The highest BCUT2D eigenvalue weighted by molar-refractivity contribution is 7.15. The van der Waals surface area contributed by atoms with Crippen LogP contribution in [0.15, 0.2) is 30.3 Å². The Labute approximate surface area is 95.5 Å². The molecule has 0 amide bonds. The Kier molecular flexibility index (Phi) is 2.04. The molecule has 2 nitrogen and oxygen atoms in total. The summed E-state index contributed by atoms with van der Waals surface area (Å²) in [5.41, 5.74) is 3.20. The molecule has 0 N–H and O–H groups in total. The Balaban J connectivity index is 2.18. The second kappa shape index (κ2) is 3.40. The van der Waals surface area contributed by atoms with Gasteiger partial charge in [0.05, 0.1) is 11.7 Å². The Morgan fingerprint density at radius 2 is 1.87 bits per heavy atom. The highest BCUT2D eigenvalue weighted by Crippen LogP contribution is 2.29. The van der Waals surface area contributed by atoms with Crippen molar-refractivity contribution >= 4 is 34.1 Å². The molecular weight excluding hydrogens is 224 g/mol. The molecule has 4 heteroatoms. The van der Waals surface area contributed by atoms with Crippen LogP contribution in [0, 0.1) is 6.92 Å². The third-order valence-electron chi connectivity index (χ3n) is 2.28. The van der Waals surface area contributed by atoms with Crippen molar-refractivity contribution in [1.29, 1.82) is 0 Å². The van der Waals surface area contributed by atoms with E-state index in [2.05, 4.69) is 39.9 Å². The van der Waals surface area contributed by atoms with Crippen molar-refractivity contribution in [3.63, 3.8) is 0 Å². The number of hydrogen-bond acceptors (Lipinski definition) is 4. The first-order valence-electron chi connectivity index (χ1n) is 4.62. The minimum absolute atomic E-state index is 0.983. The number of aromatic nitrogens is 2. The van der Waals surface area contributed by atoms with Gasteiger partial charge in [-0.1, -0.05) is 6.07 Å². The Bertz CT molecular complexity index is 610. The monoisotopic (exact) mass is 232 g/mol. The first-order chi connectivity index (χ1) is 7.33. The number of aryl methyl sites for hydroxylation is 1. The summed E-state index contributed by atoms with van der Waals surface area (Å²) in [6.45, 7) is 2.12. The quantitative estimate of drug-likeness (QED) is 0.639. The van der Waals surface area contributed by atoms with Crippen LogP contribution in [0.5, 0.6) is 0 Å². The van der Waals surface area contributed by atoms with E-state index < -0.39 is 0 Å². The molecule has 0 fully saturated rings. The molecule has 3 aromatic rings. The van der Waals surface area contributed by atoms with E-state index in [1.165, 1.54) is 27.0 Å². The van der Waals surface area contributed by atoms with Crippen molar-refractivity contribution in [1.82, 2.24) is 8.75 Å². The fraction of sp³-hybridized carbons (Fsp3) is 0.0909. The third-order valence-corrected chi connectivity index (χ3v) is 3.89. The van der Waals surface area contributed by atoms with E-state index in [0.29, 0.717) is 0 Å². The number of hydrogen-bond donors (Lipinski definition) is 0. The van der Waals surface area contributed by atoms with E-state index in [1.807, 2.05) is 17.4 Å². The van der Waals surface area contributed by atoms with E-state index in [4.69, 9.17) is 0 Å². The molecule has 2 aromatic heterocycles. The average molecular weight is 232 g/mol. The van der Waals surface area contributed by atoms with Crippen LogP contribution in [0.1, 0.15) is 4.88 Å². The number of rotatable bonds is 1. The largest absolute Gasteiger partial charge is 0.173 e. The van der Waals surface area contributed by atoms with Gasteiger partial charge in [-0.2, -0.15) is 8.75 Å². The molecule has 0 unspecified atom stereocenters. The zero-order valence-electron chi connectivity index (χ0n) is 8.10. The smallest absolute Gasteiger partial charge is 0.105 e. The van der Waals surface area contributed by atoms with E-state index >= 15 is 0 Å². The van der Waals surface area contributed by atoms with Gasteiger partial charge >= 0.3 is 0 Å². The van der Waals surface area contributed by atoms with Crippen molar-refractivity contribution < 1.29 is 0 Å². The van der Waals surface area contributed by atoms with Gasteiger partial charge in [0.25, 0.3) is 0 Å². The van der Waals surface area contributed by atoms with Crippen LogP contribution in [0.2, 0.25) is 0 Å². The molecule has 0 radical (unpaired) electrons. The fourth-order valence-electron chi connectivity index (χ4n) is 1.53. The van der Waals surface area contributed by atoms with Crippen LogP contribution in [0.3, 0.4) is 0 Å². The third kappa shape index (κ3) is 1.56. The second-order valence-electron chi connectivity index (χ2n) is 3.38. The molecule has 3 rings (SSSR count). The summed E-state index contributed by atoms with van der Waals surface area (Å²) in [6.07, 6.45) is 0. The van der Waals surface area contributed by atoms with E-state index in [9.17, 15) is 0 Å². The Morgan fingerprint density at radius 1 is 1.00 bits per heavy atom. The summed E-state index contributed by atoms with van der Waals surface area (Å²) in [4.78, 5) is 2.63. The maximum absolute atomic E-state index is 4.25. The zero-order chi connectivity index (χ0) is 10.3. The first-order valence-corrected chi connectivity index (χ1v) is 6.17. The summed E-state index contributed by atoms with van der Waals surface area (Å²) < 4.78 is 8.44. The number of nitrogens with zero attached hydrogens (tertiary/aromatic N) is 2. The lowest BCUT2D eigenvalue weighted by atomic mass is 10.1. The molecule has 0 atom stereocenters. The van der Waals surface area contributed by atoms with Crippen LogP contribution in [0.25, 0.3) is 21.5 Å². The lowest BCUT2D eigenvalue weighted by Gasteiger charge is -1.95. The molecule has 0 saturated heterocycles. The van der Waals surface area contributed by atoms with Crippen LogP contribution >= 0.6 is 23.1 Å². The molecule has 0 aliphatic heterocycles. The van der Waals surface area contributed by atoms with Crippen LogP contribution in [-0.2, 0) is 0 Å². The summed E-state index contributed by atoms with van der Waals surface area (Å²) in [6, 6.07) is 10.5. The Hall–Kier alpha value is -1.26. The molecule has 0 saturated carbocycles. The predicted octanol–water partition coefficient (Wildman–Crippen LogP) is 3.73. The van der Waals surface area contributed by atoms with Gasteiger partial charge in [-0.3, -0.25) is 0 Å². The molecule has 1 aromatic carbocycles. The molecule has 2 heterocycles. The maximum atomic E-state index is 4.25. The highest BCUT2D eigenvalue weighted by atomic mass is 32.1. The lowest BCUT2D eigenvalue weighted by Crippen LogP contribution is -1.73. The van der Waals surface area contributed by atoms with Crippen molar-refractivity contribution in [2.45, 2.75) is 6.92 Å². The fourth-order valence-corrected chi connectivity index (χ4v) is 2.91. The highest BCUT2D eigenvalue weighted by Gasteiger charge is 2.03. The first kappa shape index (κ1) is 9.00. The van der Waals surface area contributed by atoms with Gasteiger partial charge in [0, 0.05) is 9.75 Å². The summed E-state index contributed by atoms with van der Waals surface area (Å²) >= 11 is 3.07. The molecule has 0 bridgehead atoms. The van der Waals surface area contributed by atoms with Gasteiger partial charge in [-0.05, 0) is 36.8 Å². The molecule has 0 spiro atoms. The molecular formula is C11H8N2S2. The average Bonchev–Trinajstić information content (AvgIpc) is 2.84. The van der Waals surface area contributed by atoms with E-state index in [-0.39, 0.29) is 0 Å². The minimum atomic E-state index is 0.983. The Morgan fingerprint density at radius 3 is 2.67 bits per heavy atom. The normalized spacial score (nSPS) is 11.0. The summed E-state index contributed by atoms with van der Waals surface area (Å²) in [7, 11) is 0. The van der Waals surface area contributed by atoms with E-state index in [0.717, 1.165) is 11.0 Å².